The number of anilines is 3. The highest BCUT2D eigenvalue weighted by Gasteiger charge is 2.29. The molecule has 0 bridgehead atoms. The Morgan fingerprint density at radius 1 is 0.929 bits per heavy atom. The molecule has 2 N–H and O–H groups in total. The molecule has 0 atom stereocenters. The maximum absolute atomic E-state index is 12.3. The number of carbonyl (C=O) groups is 2. The molecular weight excluding hydrogens is 536 g/mol. The van der Waals surface area contributed by atoms with E-state index in [4.69, 9.17) is 24.4 Å². The van der Waals surface area contributed by atoms with E-state index < -0.39 is 11.7 Å². The van der Waals surface area contributed by atoms with Gasteiger partial charge in [0.15, 0.2) is 11.6 Å². The number of hydrogen-bond donors (Lipinski definition) is 2. The number of ether oxygens (including phenoxy) is 2. The molecule has 12 heteroatoms. The second-order valence-corrected chi connectivity index (χ2v) is 11.3. The predicted molar refractivity (Wildman–Crippen MR) is 158 cm³/mol. The Morgan fingerprint density at radius 2 is 1.67 bits per heavy atom. The summed E-state index contributed by atoms with van der Waals surface area (Å²) in [5.41, 5.74) is 3.78. The number of hydrogen-bond acceptors (Lipinski definition) is 10. The number of morpholine rings is 1. The average molecular weight is 569 g/mol. The van der Waals surface area contributed by atoms with Crippen LogP contribution < -0.4 is 15.5 Å². The number of aromatic nitrogens is 5. The second kappa shape index (κ2) is 11.3. The van der Waals surface area contributed by atoms with Crippen molar-refractivity contribution in [1.29, 1.82) is 0 Å². The van der Waals surface area contributed by atoms with E-state index in [2.05, 4.69) is 25.5 Å². The third kappa shape index (κ3) is 6.44. The summed E-state index contributed by atoms with van der Waals surface area (Å²) < 4.78 is 10.8. The highest BCUT2D eigenvalue weighted by molar-refractivity contribution is 5.95. The van der Waals surface area contributed by atoms with Gasteiger partial charge in [-0.25, -0.2) is 24.7 Å². The summed E-state index contributed by atoms with van der Waals surface area (Å²) in [6.07, 6.45) is 6.18. The van der Waals surface area contributed by atoms with Gasteiger partial charge < -0.3 is 19.7 Å². The highest BCUT2D eigenvalue weighted by atomic mass is 16.6. The van der Waals surface area contributed by atoms with Crippen molar-refractivity contribution >= 4 is 40.5 Å². The molecule has 1 aliphatic carbocycles. The van der Waals surface area contributed by atoms with Crippen LogP contribution in [-0.4, -0.2) is 68.8 Å². The molecule has 4 heterocycles. The lowest BCUT2D eigenvalue weighted by molar-refractivity contribution is -0.117. The predicted octanol–water partition coefficient (Wildman–Crippen LogP) is 4.68. The molecule has 1 aliphatic heterocycles. The van der Waals surface area contributed by atoms with Crippen LogP contribution in [0.25, 0.3) is 33.5 Å². The van der Waals surface area contributed by atoms with Crippen molar-refractivity contribution in [2.24, 2.45) is 5.92 Å². The molecule has 1 saturated heterocycles. The third-order valence-corrected chi connectivity index (χ3v) is 6.76. The Hall–Kier alpha value is -4.71. The molecule has 0 spiro atoms. The minimum atomic E-state index is -0.641. The van der Waals surface area contributed by atoms with Gasteiger partial charge in [0.1, 0.15) is 11.1 Å². The molecule has 2 aliphatic rings. The number of fused-ring (bicyclic) bond motifs is 1. The van der Waals surface area contributed by atoms with Gasteiger partial charge in [0.2, 0.25) is 11.9 Å². The quantitative estimate of drug-likeness (QED) is 0.336. The molecular formula is C30H32N8O4. The SMILES string of the molecule is CC(C)(C)OC(=O)Nc1ncc(-c2nc(N3CCOCC3)c3ncc(-c4cccc(NC(=O)C5CC5)c4)cc3n2)cn1. The molecule has 6 rings (SSSR count). The highest BCUT2D eigenvalue weighted by Crippen LogP contribution is 2.32. The van der Waals surface area contributed by atoms with Crippen LogP contribution in [0.1, 0.15) is 33.6 Å². The van der Waals surface area contributed by atoms with Crippen LogP contribution in [0.5, 0.6) is 0 Å². The standard InChI is InChI=1S/C30H32N8O4/c1-30(2,3)42-29(40)37-28-32-16-21(17-33-28)25-35-23-14-20(15-31-24(23)26(36-25)38-9-11-41-12-10-38)19-5-4-6-22(13-19)34-27(39)18-7-8-18/h4-6,13-18H,7-12H2,1-3H3,(H,34,39)(H,32,33,37,40). The van der Waals surface area contributed by atoms with E-state index in [0.29, 0.717) is 54.5 Å². The van der Waals surface area contributed by atoms with Gasteiger partial charge in [-0.3, -0.25) is 15.1 Å². The Labute approximate surface area is 242 Å². The molecule has 1 saturated carbocycles. The van der Waals surface area contributed by atoms with Gasteiger partial charge in [-0.15, -0.1) is 0 Å². The number of pyridine rings is 1. The fourth-order valence-electron chi connectivity index (χ4n) is 4.55. The minimum Gasteiger partial charge on any atom is -0.444 e. The smallest absolute Gasteiger partial charge is 0.414 e. The monoisotopic (exact) mass is 568 g/mol. The Kier molecular flexibility index (Phi) is 7.38. The number of carbonyl (C=O) groups excluding carboxylic acids is 2. The summed E-state index contributed by atoms with van der Waals surface area (Å²) in [5, 5.41) is 5.55. The minimum absolute atomic E-state index is 0.0610. The first-order chi connectivity index (χ1) is 20.2. The number of rotatable bonds is 6. The van der Waals surface area contributed by atoms with Crippen LogP contribution in [0.2, 0.25) is 0 Å². The lowest BCUT2D eigenvalue weighted by Gasteiger charge is -2.28. The van der Waals surface area contributed by atoms with Gasteiger partial charge in [0, 0.05) is 48.8 Å². The van der Waals surface area contributed by atoms with Crippen molar-refractivity contribution < 1.29 is 19.1 Å². The van der Waals surface area contributed by atoms with Crippen LogP contribution in [0.3, 0.4) is 0 Å². The van der Waals surface area contributed by atoms with Crippen LogP contribution >= 0.6 is 0 Å². The third-order valence-electron chi connectivity index (χ3n) is 6.76. The Balaban J connectivity index is 1.33. The summed E-state index contributed by atoms with van der Waals surface area (Å²) in [5.74, 6) is 1.42. The molecule has 42 heavy (non-hydrogen) atoms. The van der Waals surface area contributed by atoms with Gasteiger partial charge in [-0.2, -0.15) is 0 Å². The summed E-state index contributed by atoms with van der Waals surface area (Å²) in [6, 6.07) is 9.69. The zero-order valence-corrected chi connectivity index (χ0v) is 23.8. The van der Waals surface area contributed by atoms with E-state index in [-0.39, 0.29) is 17.8 Å². The van der Waals surface area contributed by atoms with Gasteiger partial charge >= 0.3 is 6.09 Å². The van der Waals surface area contributed by atoms with Crippen LogP contribution in [0, 0.1) is 5.92 Å². The van der Waals surface area contributed by atoms with Crippen molar-refractivity contribution in [3.8, 4) is 22.5 Å². The van der Waals surface area contributed by atoms with Gasteiger partial charge in [-0.1, -0.05) is 12.1 Å². The van der Waals surface area contributed by atoms with Crippen molar-refractivity contribution in [2.45, 2.75) is 39.2 Å². The molecule has 1 aromatic carbocycles. The van der Waals surface area contributed by atoms with E-state index in [9.17, 15) is 9.59 Å². The van der Waals surface area contributed by atoms with Gasteiger partial charge in [0.25, 0.3) is 0 Å². The molecule has 4 aromatic rings. The number of benzene rings is 1. The molecule has 2 amide bonds. The Morgan fingerprint density at radius 3 is 2.38 bits per heavy atom. The molecule has 12 nitrogen and oxygen atoms in total. The first-order valence-electron chi connectivity index (χ1n) is 14.0. The Bertz CT molecular complexity index is 1630. The fourth-order valence-corrected chi connectivity index (χ4v) is 4.55. The van der Waals surface area contributed by atoms with E-state index in [1.807, 2.05) is 30.3 Å². The van der Waals surface area contributed by atoms with Crippen LogP contribution in [0.15, 0.2) is 48.9 Å². The lowest BCUT2D eigenvalue weighted by atomic mass is 10.1. The largest absolute Gasteiger partial charge is 0.444 e. The summed E-state index contributed by atoms with van der Waals surface area (Å²) in [4.78, 5) is 49.6. The van der Waals surface area contributed by atoms with Crippen molar-refractivity contribution in [1.82, 2.24) is 24.9 Å². The van der Waals surface area contributed by atoms with Crippen LogP contribution in [-0.2, 0) is 14.3 Å². The van der Waals surface area contributed by atoms with Crippen LogP contribution in [0.4, 0.5) is 22.2 Å². The molecule has 3 aromatic heterocycles. The topological polar surface area (TPSA) is 144 Å². The zero-order valence-electron chi connectivity index (χ0n) is 23.8. The van der Waals surface area contributed by atoms with E-state index in [0.717, 1.165) is 29.7 Å². The summed E-state index contributed by atoms with van der Waals surface area (Å²) >= 11 is 0. The van der Waals surface area contributed by atoms with Crippen molar-refractivity contribution in [3.05, 3.63) is 48.9 Å². The lowest BCUT2D eigenvalue weighted by Crippen LogP contribution is -2.37. The summed E-state index contributed by atoms with van der Waals surface area (Å²) in [7, 11) is 0. The first kappa shape index (κ1) is 27.5. The maximum Gasteiger partial charge on any atom is 0.414 e. The van der Waals surface area contributed by atoms with Crippen molar-refractivity contribution in [2.75, 3.05) is 41.8 Å². The van der Waals surface area contributed by atoms with Gasteiger partial charge in [0.05, 0.1) is 24.3 Å². The summed E-state index contributed by atoms with van der Waals surface area (Å²) in [6.45, 7) is 7.87. The molecule has 0 unspecified atom stereocenters. The fraction of sp³-hybridized carbons (Fsp3) is 0.367. The van der Waals surface area contributed by atoms with Crippen molar-refractivity contribution in [3.63, 3.8) is 0 Å². The average Bonchev–Trinajstić information content (AvgIpc) is 3.82. The van der Waals surface area contributed by atoms with E-state index in [1.54, 1.807) is 39.4 Å². The molecule has 0 radical (unpaired) electrons. The molecule has 216 valence electrons. The number of nitrogens with zero attached hydrogens (tertiary/aromatic N) is 6. The van der Waals surface area contributed by atoms with E-state index in [1.165, 1.54) is 0 Å². The second-order valence-electron chi connectivity index (χ2n) is 11.3. The van der Waals surface area contributed by atoms with Gasteiger partial charge in [-0.05, 0) is 57.4 Å². The molecule has 2 fully saturated rings. The normalized spacial score (nSPS) is 15.4. The zero-order chi connectivity index (χ0) is 29.3. The number of nitrogens with one attached hydrogen (secondary N) is 2. The first-order valence-corrected chi connectivity index (χ1v) is 14.0. The maximum atomic E-state index is 12.3. The number of amides is 2. The van der Waals surface area contributed by atoms with E-state index >= 15 is 0 Å².